The molecule has 0 aliphatic rings. The second-order valence-electron chi connectivity index (χ2n) is 2.33. The molecule has 0 fully saturated rings. The molecule has 0 spiro atoms. The van der Waals surface area contributed by atoms with Gasteiger partial charge in [0, 0.05) is 0 Å². The number of carboxylic acids is 3. The Labute approximate surface area is 163 Å². The number of aliphatic carboxylic acids is 3. The molecular weight excluding hydrogens is 251 g/mol. The van der Waals surface area contributed by atoms with Gasteiger partial charge in [-0.3, -0.25) is 19.3 Å². The van der Waals surface area contributed by atoms with Crippen molar-refractivity contribution in [3.63, 3.8) is 0 Å². The van der Waals surface area contributed by atoms with E-state index in [0.717, 1.165) is 4.90 Å². The summed E-state index contributed by atoms with van der Waals surface area (Å²) in [6.07, 6.45) is 0. The van der Waals surface area contributed by atoms with Crippen molar-refractivity contribution >= 4 is 17.9 Å². The smallest absolute Gasteiger partial charge is 1.00 e. The van der Waals surface area contributed by atoms with Gasteiger partial charge in [-0.15, -0.1) is 0 Å². The van der Waals surface area contributed by atoms with E-state index in [1.165, 1.54) is 0 Å². The monoisotopic (exact) mass is 263 g/mol. The molecule has 0 aliphatic carbocycles. The molecule has 0 atom stereocenters. The van der Waals surface area contributed by atoms with E-state index in [1.807, 2.05) is 0 Å². The summed E-state index contributed by atoms with van der Waals surface area (Å²) in [5.41, 5.74) is 0. The Morgan fingerprint density at radius 2 is 0.938 bits per heavy atom. The van der Waals surface area contributed by atoms with E-state index in [4.69, 9.17) is 15.3 Å². The number of carboxylic acid groups (broad SMARTS) is 3. The van der Waals surface area contributed by atoms with Crippen LogP contribution in [0.4, 0.5) is 0 Å². The molecule has 0 radical (unpaired) electrons. The molecule has 0 amide bonds. The van der Waals surface area contributed by atoms with Gasteiger partial charge in [-0.05, 0) is 0 Å². The topological polar surface area (TPSA) is 115 Å². The Morgan fingerprint density at radius 3 is 1.06 bits per heavy atom. The molecule has 7 nitrogen and oxygen atoms in total. The second kappa shape index (κ2) is 14.4. The zero-order valence-corrected chi connectivity index (χ0v) is 15.6. The predicted octanol–water partition coefficient (Wildman–Crippen LogP) is -10.1. The minimum atomic E-state index is -1.26. The van der Waals surface area contributed by atoms with E-state index in [1.54, 1.807) is 0 Å². The number of hydrogen-bond acceptors (Lipinski definition) is 4. The number of nitrogens with zero attached hydrogens (tertiary/aromatic N) is 1. The maximum atomic E-state index is 10.1. The van der Waals surface area contributed by atoms with Crippen molar-refractivity contribution in [1.82, 2.24) is 4.90 Å². The van der Waals surface area contributed by atoms with Crippen LogP contribution in [0, 0.1) is 0 Å². The van der Waals surface area contributed by atoms with Gasteiger partial charge in [-0.25, -0.2) is 0 Å². The SMILES string of the molecule is O=C(O)CN(CC(=O)O)CC(=O)O.[H-].[H-].[H-].[Na+].[Na+].[Na+]. The fourth-order valence-corrected chi connectivity index (χ4v) is 0.742. The van der Waals surface area contributed by atoms with Crippen molar-refractivity contribution in [3.05, 3.63) is 0 Å². The Hall–Kier alpha value is 1.37. The summed E-state index contributed by atoms with van der Waals surface area (Å²) in [5, 5.41) is 24.8. The molecule has 0 aromatic carbocycles. The van der Waals surface area contributed by atoms with Gasteiger partial charge in [0.15, 0.2) is 0 Å². The Kier molecular flexibility index (Phi) is 23.5. The summed E-state index contributed by atoms with van der Waals surface area (Å²) in [6, 6.07) is 0. The summed E-state index contributed by atoms with van der Waals surface area (Å²) in [4.78, 5) is 31.2. The molecule has 0 rings (SSSR count). The van der Waals surface area contributed by atoms with Crippen molar-refractivity contribution in [2.75, 3.05) is 19.6 Å². The zero-order valence-electron chi connectivity index (χ0n) is 12.6. The van der Waals surface area contributed by atoms with E-state index in [0.29, 0.717) is 0 Å². The van der Waals surface area contributed by atoms with Crippen molar-refractivity contribution < 1.29 is 123 Å². The van der Waals surface area contributed by atoms with Crippen molar-refractivity contribution in [1.29, 1.82) is 0 Å². The molecule has 0 saturated carbocycles. The fourth-order valence-electron chi connectivity index (χ4n) is 0.742. The maximum Gasteiger partial charge on any atom is 1.00 e. The van der Waals surface area contributed by atoms with Crippen LogP contribution in [0.3, 0.4) is 0 Å². The molecule has 0 aromatic rings. The molecular formula is C6H12NNa3O6. The van der Waals surface area contributed by atoms with E-state index in [-0.39, 0.29) is 93.0 Å². The van der Waals surface area contributed by atoms with Crippen LogP contribution >= 0.6 is 0 Å². The molecule has 3 N–H and O–H groups in total. The van der Waals surface area contributed by atoms with Crippen LogP contribution < -0.4 is 88.7 Å². The number of hydrogen-bond donors (Lipinski definition) is 3. The molecule has 0 aliphatic heterocycles. The molecule has 80 valence electrons. The molecule has 16 heavy (non-hydrogen) atoms. The van der Waals surface area contributed by atoms with Gasteiger partial charge in [-0.2, -0.15) is 0 Å². The summed E-state index contributed by atoms with van der Waals surface area (Å²) < 4.78 is 0. The van der Waals surface area contributed by atoms with Gasteiger partial charge in [0.2, 0.25) is 0 Å². The predicted molar refractivity (Wildman–Crippen MR) is 42.7 cm³/mol. The number of rotatable bonds is 6. The zero-order chi connectivity index (χ0) is 10.4. The largest absolute Gasteiger partial charge is 1.00 e. The molecule has 0 bridgehead atoms. The van der Waals surface area contributed by atoms with Gasteiger partial charge in [0.1, 0.15) is 0 Å². The Balaban J connectivity index is -0.0000000480. The minimum Gasteiger partial charge on any atom is -1.00 e. The first-order chi connectivity index (χ1) is 5.91. The standard InChI is InChI=1S/C6H9NO6.3Na.3H/c8-4(9)1-7(2-5(10)11)3-6(12)13;;;;;;/h1-3H2,(H,8,9)(H,10,11)(H,12,13);;;;;;/q;3*+1;3*-1. The van der Waals surface area contributed by atoms with E-state index in [2.05, 4.69) is 0 Å². The first-order valence-electron chi connectivity index (χ1n) is 3.29. The quantitative estimate of drug-likeness (QED) is 0.407. The molecule has 0 heterocycles. The van der Waals surface area contributed by atoms with Crippen LogP contribution in [0.15, 0.2) is 0 Å². The second-order valence-corrected chi connectivity index (χ2v) is 2.33. The van der Waals surface area contributed by atoms with Crippen LogP contribution in [-0.4, -0.2) is 57.8 Å². The summed E-state index contributed by atoms with van der Waals surface area (Å²) in [7, 11) is 0. The molecule has 0 unspecified atom stereocenters. The summed E-state index contributed by atoms with van der Waals surface area (Å²) >= 11 is 0. The Morgan fingerprint density at radius 1 is 0.750 bits per heavy atom. The third-order valence-electron chi connectivity index (χ3n) is 1.08. The van der Waals surface area contributed by atoms with E-state index in [9.17, 15) is 14.4 Å². The first kappa shape index (κ1) is 26.0. The van der Waals surface area contributed by atoms with Gasteiger partial charge < -0.3 is 19.6 Å². The van der Waals surface area contributed by atoms with Crippen LogP contribution in [0.5, 0.6) is 0 Å². The summed E-state index contributed by atoms with van der Waals surface area (Å²) in [5.74, 6) is -3.78. The third-order valence-corrected chi connectivity index (χ3v) is 1.08. The van der Waals surface area contributed by atoms with Gasteiger partial charge in [0.05, 0.1) is 19.6 Å². The van der Waals surface area contributed by atoms with E-state index < -0.39 is 37.5 Å². The average molecular weight is 263 g/mol. The fraction of sp³-hybridized carbons (Fsp3) is 0.500. The third kappa shape index (κ3) is 17.8. The Bertz CT molecular complexity index is 210. The minimum absolute atomic E-state index is 0. The number of carbonyl (C=O) groups is 3. The molecule has 10 heteroatoms. The van der Waals surface area contributed by atoms with Gasteiger partial charge in [-0.1, -0.05) is 0 Å². The van der Waals surface area contributed by atoms with Gasteiger partial charge >= 0.3 is 107 Å². The van der Waals surface area contributed by atoms with Crippen LogP contribution in [0.2, 0.25) is 0 Å². The van der Waals surface area contributed by atoms with Gasteiger partial charge in [0.25, 0.3) is 0 Å². The first-order valence-corrected chi connectivity index (χ1v) is 3.29. The molecule has 0 aromatic heterocycles. The van der Waals surface area contributed by atoms with Crippen molar-refractivity contribution in [3.8, 4) is 0 Å². The summed E-state index contributed by atoms with van der Waals surface area (Å²) in [6.45, 7) is -1.80. The molecule has 0 saturated heterocycles. The average Bonchev–Trinajstić information content (AvgIpc) is 1.80. The van der Waals surface area contributed by atoms with Crippen molar-refractivity contribution in [2.24, 2.45) is 0 Å². The van der Waals surface area contributed by atoms with Crippen LogP contribution in [-0.2, 0) is 14.4 Å². The van der Waals surface area contributed by atoms with Crippen LogP contribution in [0.1, 0.15) is 4.28 Å². The normalized spacial score (nSPS) is 8.06. The van der Waals surface area contributed by atoms with Crippen molar-refractivity contribution in [2.45, 2.75) is 0 Å². The van der Waals surface area contributed by atoms with Crippen LogP contribution in [0.25, 0.3) is 0 Å². The van der Waals surface area contributed by atoms with E-state index >= 15 is 0 Å². The maximum absolute atomic E-state index is 10.1.